The Balaban J connectivity index is 3.70. The minimum atomic E-state index is 0.0367. The molecule has 1 amide bonds. The van der Waals surface area contributed by atoms with Crippen molar-refractivity contribution in [2.75, 3.05) is 26.2 Å². The van der Waals surface area contributed by atoms with Gasteiger partial charge < -0.3 is 5.32 Å². The van der Waals surface area contributed by atoms with Crippen LogP contribution < -0.4 is 5.32 Å². The predicted octanol–water partition coefficient (Wildman–Crippen LogP) is 0.0776. The molecule has 0 aliphatic heterocycles. The Bertz CT molecular complexity index is 172. The van der Waals surface area contributed by atoms with E-state index in [1.165, 1.54) is 0 Å². The molecule has 1 N–H and O–H groups in total. The van der Waals surface area contributed by atoms with Gasteiger partial charge in [-0.3, -0.25) is 9.69 Å². The first-order valence-corrected chi connectivity index (χ1v) is 4.17. The van der Waals surface area contributed by atoms with Gasteiger partial charge in [0.25, 0.3) is 0 Å². The third kappa shape index (κ3) is 4.75. The molecule has 0 bridgehead atoms. The van der Waals surface area contributed by atoms with E-state index in [0.29, 0.717) is 19.6 Å². The van der Waals surface area contributed by atoms with Crippen LogP contribution >= 0.6 is 0 Å². The zero-order valence-electron chi connectivity index (χ0n) is 7.76. The SMILES string of the molecule is C#CCN(CC)CC(=O)NCC. The van der Waals surface area contributed by atoms with Crippen molar-refractivity contribution in [2.45, 2.75) is 13.8 Å². The van der Waals surface area contributed by atoms with Crippen LogP contribution in [0.3, 0.4) is 0 Å². The molecule has 0 aromatic heterocycles. The maximum Gasteiger partial charge on any atom is 0.234 e. The second kappa shape index (κ2) is 6.68. The highest BCUT2D eigenvalue weighted by molar-refractivity contribution is 5.77. The number of nitrogens with one attached hydrogen (secondary N) is 1. The Hall–Kier alpha value is -1.01. The lowest BCUT2D eigenvalue weighted by atomic mass is 10.4. The lowest BCUT2D eigenvalue weighted by Gasteiger charge is -2.15. The summed E-state index contributed by atoms with van der Waals surface area (Å²) in [6.07, 6.45) is 5.13. The molecule has 68 valence electrons. The van der Waals surface area contributed by atoms with Gasteiger partial charge in [-0.25, -0.2) is 0 Å². The van der Waals surface area contributed by atoms with E-state index in [4.69, 9.17) is 6.42 Å². The van der Waals surface area contributed by atoms with E-state index >= 15 is 0 Å². The minimum absolute atomic E-state index is 0.0367. The Labute approximate surface area is 74.1 Å². The van der Waals surface area contributed by atoms with Crippen LogP contribution in [0.25, 0.3) is 0 Å². The van der Waals surface area contributed by atoms with Gasteiger partial charge in [0.1, 0.15) is 0 Å². The number of likely N-dealkylation sites (N-methyl/N-ethyl adjacent to an activating group) is 2. The first-order chi connectivity index (χ1) is 5.74. The van der Waals surface area contributed by atoms with Crippen molar-refractivity contribution in [2.24, 2.45) is 0 Å². The maximum absolute atomic E-state index is 11.1. The topological polar surface area (TPSA) is 32.3 Å². The fourth-order valence-corrected chi connectivity index (χ4v) is 0.865. The van der Waals surface area contributed by atoms with E-state index < -0.39 is 0 Å². The van der Waals surface area contributed by atoms with E-state index in [0.717, 1.165) is 6.54 Å². The largest absolute Gasteiger partial charge is 0.355 e. The van der Waals surface area contributed by atoms with Crippen LogP contribution in [0.15, 0.2) is 0 Å². The molecule has 0 unspecified atom stereocenters. The number of carbonyl (C=O) groups excluding carboxylic acids is 1. The van der Waals surface area contributed by atoms with Crippen LogP contribution in [0.4, 0.5) is 0 Å². The number of carbonyl (C=O) groups is 1. The van der Waals surface area contributed by atoms with E-state index in [-0.39, 0.29) is 5.91 Å². The van der Waals surface area contributed by atoms with Gasteiger partial charge in [0, 0.05) is 6.54 Å². The standard InChI is InChI=1S/C9H16N2O/c1-4-7-11(6-3)8-9(12)10-5-2/h1H,5-8H2,2-3H3,(H,10,12). The predicted molar refractivity (Wildman–Crippen MR) is 49.6 cm³/mol. The van der Waals surface area contributed by atoms with E-state index in [2.05, 4.69) is 11.2 Å². The number of terminal acetylenes is 1. The van der Waals surface area contributed by atoms with Crippen LogP contribution in [0.1, 0.15) is 13.8 Å². The molecule has 0 atom stereocenters. The molecular weight excluding hydrogens is 152 g/mol. The fraction of sp³-hybridized carbons (Fsp3) is 0.667. The molecular formula is C9H16N2O. The molecule has 12 heavy (non-hydrogen) atoms. The molecule has 0 saturated heterocycles. The Morgan fingerprint density at radius 1 is 1.58 bits per heavy atom. The van der Waals surface area contributed by atoms with Crippen molar-refractivity contribution in [1.82, 2.24) is 10.2 Å². The Morgan fingerprint density at radius 3 is 2.67 bits per heavy atom. The van der Waals surface area contributed by atoms with Gasteiger partial charge in [-0.15, -0.1) is 6.42 Å². The Morgan fingerprint density at radius 2 is 2.25 bits per heavy atom. The van der Waals surface area contributed by atoms with Crippen molar-refractivity contribution in [3.63, 3.8) is 0 Å². The van der Waals surface area contributed by atoms with E-state index in [1.54, 1.807) is 0 Å². The number of rotatable bonds is 5. The van der Waals surface area contributed by atoms with Gasteiger partial charge in [0.15, 0.2) is 0 Å². The monoisotopic (exact) mass is 168 g/mol. The molecule has 0 saturated carbocycles. The average Bonchev–Trinajstić information content (AvgIpc) is 2.04. The molecule has 0 aliphatic rings. The van der Waals surface area contributed by atoms with Crippen molar-refractivity contribution >= 4 is 5.91 Å². The zero-order valence-corrected chi connectivity index (χ0v) is 7.76. The molecule has 0 aliphatic carbocycles. The van der Waals surface area contributed by atoms with Crippen LogP contribution in [-0.4, -0.2) is 37.0 Å². The third-order valence-corrected chi connectivity index (χ3v) is 1.50. The van der Waals surface area contributed by atoms with Gasteiger partial charge in [0.05, 0.1) is 13.1 Å². The molecule has 0 fully saturated rings. The molecule has 3 nitrogen and oxygen atoms in total. The number of nitrogens with zero attached hydrogens (tertiary/aromatic N) is 1. The smallest absolute Gasteiger partial charge is 0.234 e. The van der Waals surface area contributed by atoms with Crippen molar-refractivity contribution in [3.05, 3.63) is 0 Å². The van der Waals surface area contributed by atoms with Gasteiger partial charge in [-0.1, -0.05) is 12.8 Å². The van der Waals surface area contributed by atoms with Gasteiger partial charge >= 0.3 is 0 Å². The van der Waals surface area contributed by atoms with Crippen molar-refractivity contribution in [1.29, 1.82) is 0 Å². The highest BCUT2D eigenvalue weighted by atomic mass is 16.1. The highest BCUT2D eigenvalue weighted by Crippen LogP contribution is 1.85. The molecule has 3 heteroatoms. The summed E-state index contributed by atoms with van der Waals surface area (Å²) >= 11 is 0. The molecule has 0 aromatic rings. The lowest BCUT2D eigenvalue weighted by molar-refractivity contribution is -0.121. The third-order valence-electron chi connectivity index (χ3n) is 1.50. The fourth-order valence-electron chi connectivity index (χ4n) is 0.865. The zero-order chi connectivity index (χ0) is 9.40. The molecule has 0 spiro atoms. The van der Waals surface area contributed by atoms with Crippen LogP contribution in [0.5, 0.6) is 0 Å². The van der Waals surface area contributed by atoms with Crippen LogP contribution in [0, 0.1) is 12.3 Å². The van der Waals surface area contributed by atoms with E-state index in [9.17, 15) is 4.79 Å². The van der Waals surface area contributed by atoms with Gasteiger partial charge in [-0.05, 0) is 13.5 Å². The summed E-state index contributed by atoms with van der Waals surface area (Å²) in [6.45, 7) is 6.29. The second-order valence-corrected chi connectivity index (χ2v) is 2.46. The highest BCUT2D eigenvalue weighted by Gasteiger charge is 2.05. The van der Waals surface area contributed by atoms with Gasteiger partial charge in [0.2, 0.25) is 5.91 Å². The second-order valence-electron chi connectivity index (χ2n) is 2.46. The van der Waals surface area contributed by atoms with Gasteiger partial charge in [-0.2, -0.15) is 0 Å². The van der Waals surface area contributed by atoms with E-state index in [1.807, 2.05) is 18.7 Å². The summed E-state index contributed by atoms with van der Waals surface area (Å²) < 4.78 is 0. The van der Waals surface area contributed by atoms with Crippen LogP contribution in [-0.2, 0) is 4.79 Å². The first kappa shape index (κ1) is 11.0. The minimum Gasteiger partial charge on any atom is -0.355 e. The average molecular weight is 168 g/mol. The molecule has 0 aromatic carbocycles. The summed E-state index contributed by atoms with van der Waals surface area (Å²) in [5.74, 6) is 2.55. The summed E-state index contributed by atoms with van der Waals surface area (Å²) in [4.78, 5) is 13.0. The maximum atomic E-state index is 11.1. The molecule has 0 heterocycles. The number of hydrogen-bond acceptors (Lipinski definition) is 2. The normalized spacial score (nSPS) is 9.50. The summed E-state index contributed by atoms with van der Waals surface area (Å²) in [5.41, 5.74) is 0. The quantitative estimate of drug-likeness (QED) is 0.589. The lowest BCUT2D eigenvalue weighted by Crippen LogP contribution is -2.37. The summed E-state index contributed by atoms with van der Waals surface area (Å²) in [5, 5.41) is 2.72. The number of amides is 1. The van der Waals surface area contributed by atoms with Crippen LogP contribution in [0.2, 0.25) is 0 Å². The number of hydrogen-bond donors (Lipinski definition) is 1. The molecule has 0 radical (unpaired) electrons. The summed E-state index contributed by atoms with van der Waals surface area (Å²) in [6, 6.07) is 0. The van der Waals surface area contributed by atoms with Crippen molar-refractivity contribution in [3.8, 4) is 12.3 Å². The Kier molecular flexibility index (Phi) is 6.12. The van der Waals surface area contributed by atoms with Crippen molar-refractivity contribution < 1.29 is 4.79 Å². The summed E-state index contributed by atoms with van der Waals surface area (Å²) in [7, 11) is 0. The molecule has 0 rings (SSSR count). The first-order valence-electron chi connectivity index (χ1n) is 4.17.